The molecule has 4 bridgehead atoms. The zero-order chi connectivity index (χ0) is 21.9. The first-order valence-electron chi connectivity index (χ1n) is 12.5. The van der Waals surface area contributed by atoms with Gasteiger partial charge in [-0.1, -0.05) is 64.1 Å². The van der Waals surface area contributed by atoms with Crippen LogP contribution in [0, 0.1) is 45.3 Å². The molecule has 2 nitrogen and oxygen atoms in total. The second kappa shape index (κ2) is 5.29. The van der Waals surface area contributed by atoms with Crippen LogP contribution in [0.2, 0.25) is 18.1 Å². The fourth-order valence-electron chi connectivity index (χ4n) is 9.92. The number of hydrogen-bond donors (Lipinski definition) is 0. The van der Waals surface area contributed by atoms with Crippen LogP contribution >= 0.6 is 22.6 Å². The van der Waals surface area contributed by atoms with E-state index in [1.165, 1.54) is 32.1 Å². The minimum atomic E-state index is -1.78. The van der Waals surface area contributed by atoms with E-state index in [1.807, 2.05) is 0 Å². The molecule has 0 radical (unpaired) electrons. The summed E-state index contributed by atoms with van der Waals surface area (Å²) in [6.07, 6.45) is 7.52. The number of alkyl halides is 1. The van der Waals surface area contributed by atoms with Crippen molar-refractivity contribution < 1.29 is 9.22 Å². The Hall–Kier alpha value is 0.577. The van der Waals surface area contributed by atoms with Gasteiger partial charge in [-0.3, -0.25) is 4.79 Å². The number of fused-ring (bicyclic) bond motifs is 3. The van der Waals surface area contributed by atoms with E-state index < -0.39 is 8.32 Å². The number of Topliss-reactive ketones (excluding diaryl/α,β-unsaturated/α-hetero) is 1. The Balaban J connectivity index is 1.34. The molecule has 10 atom stereocenters. The molecule has 7 aliphatic rings. The summed E-state index contributed by atoms with van der Waals surface area (Å²) in [5.74, 6) is 3.16. The maximum absolute atomic E-state index is 13.7. The van der Waals surface area contributed by atoms with Crippen LogP contribution in [0.5, 0.6) is 0 Å². The molecule has 168 valence electrons. The summed E-state index contributed by atoms with van der Waals surface area (Å²) < 4.78 is 7.80. The number of rotatable bonds is 2. The Labute approximate surface area is 198 Å². The quantitative estimate of drug-likeness (QED) is 0.214. The molecule has 0 aromatic heterocycles. The van der Waals surface area contributed by atoms with Crippen molar-refractivity contribution in [1.29, 1.82) is 0 Å². The van der Waals surface area contributed by atoms with Crippen molar-refractivity contribution in [3.63, 3.8) is 0 Å². The van der Waals surface area contributed by atoms with Crippen LogP contribution in [-0.2, 0) is 9.22 Å². The lowest BCUT2D eigenvalue weighted by Gasteiger charge is -2.64. The van der Waals surface area contributed by atoms with Crippen LogP contribution in [0.1, 0.15) is 80.1 Å². The van der Waals surface area contributed by atoms with Crippen molar-refractivity contribution >= 4 is 36.7 Å². The summed E-state index contributed by atoms with van der Waals surface area (Å²) in [6.45, 7) is 19.6. The van der Waals surface area contributed by atoms with Gasteiger partial charge in [-0.05, 0) is 85.2 Å². The highest BCUT2D eigenvalue weighted by molar-refractivity contribution is 14.1. The minimum absolute atomic E-state index is 0.00547. The average Bonchev–Trinajstić information content (AvgIpc) is 3.42. The van der Waals surface area contributed by atoms with Gasteiger partial charge in [0.2, 0.25) is 0 Å². The van der Waals surface area contributed by atoms with Gasteiger partial charge in [-0.2, -0.15) is 0 Å². The average molecular weight is 541 g/mol. The molecule has 0 amide bonds. The van der Waals surface area contributed by atoms with Crippen LogP contribution in [0.4, 0.5) is 0 Å². The highest BCUT2D eigenvalue weighted by Crippen LogP contribution is 2.87. The van der Waals surface area contributed by atoms with Crippen LogP contribution in [0.15, 0.2) is 0 Å². The van der Waals surface area contributed by atoms with E-state index in [1.54, 1.807) is 0 Å². The first-order valence-corrected chi connectivity index (χ1v) is 16.7. The van der Waals surface area contributed by atoms with Gasteiger partial charge >= 0.3 is 0 Å². The van der Waals surface area contributed by atoms with E-state index in [2.05, 4.69) is 77.2 Å². The van der Waals surface area contributed by atoms with E-state index in [-0.39, 0.29) is 16.1 Å². The highest BCUT2D eigenvalue weighted by Gasteiger charge is 2.88. The topological polar surface area (TPSA) is 26.3 Å². The third-order valence-corrected chi connectivity index (χ3v) is 19.7. The van der Waals surface area contributed by atoms with Crippen molar-refractivity contribution in [2.75, 3.05) is 0 Å². The van der Waals surface area contributed by atoms with Gasteiger partial charge in [0.15, 0.2) is 8.32 Å². The molecular formula is C26H41IO2Si. The van der Waals surface area contributed by atoms with Gasteiger partial charge < -0.3 is 4.43 Å². The lowest BCUT2D eigenvalue weighted by atomic mass is 9.41. The summed E-state index contributed by atoms with van der Waals surface area (Å²) in [5.41, 5.74) is 1.13. The van der Waals surface area contributed by atoms with Gasteiger partial charge in [0, 0.05) is 20.7 Å². The lowest BCUT2D eigenvalue weighted by Crippen LogP contribution is -2.63. The molecule has 30 heavy (non-hydrogen) atoms. The van der Waals surface area contributed by atoms with Crippen LogP contribution in [0.25, 0.3) is 0 Å². The maximum atomic E-state index is 13.7. The number of carbonyl (C=O) groups excluding carboxylic acids is 1. The Bertz CT molecular complexity index is 864. The molecule has 0 aromatic rings. The summed E-state index contributed by atoms with van der Waals surface area (Å²) in [7, 11) is -1.78. The molecule has 1 unspecified atom stereocenters. The molecule has 4 heteroatoms. The zero-order valence-electron chi connectivity index (χ0n) is 20.3. The Kier molecular flexibility index (Phi) is 3.73. The highest BCUT2D eigenvalue weighted by atomic mass is 127. The normalized spacial score (nSPS) is 60.6. The van der Waals surface area contributed by atoms with Crippen molar-refractivity contribution in [2.24, 2.45) is 45.3 Å². The molecule has 0 saturated heterocycles. The summed E-state index contributed by atoms with van der Waals surface area (Å²) in [6, 6.07) is 0. The molecule has 7 fully saturated rings. The molecule has 0 aliphatic heterocycles. The maximum Gasteiger partial charge on any atom is 0.192 e. The summed E-state index contributed by atoms with van der Waals surface area (Å²) in [4.78, 5) is 13.7. The zero-order valence-corrected chi connectivity index (χ0v) is 23.5. The molecule has 1 spiro atoms. The number of carbonyl (C=O) groups is 1. The van der Waals surface area contributed by atoms with Crippen molar-refractivity contribution in [2.45, 2.75) is 108 Å². The van der Waals surface area contributed by atoms with Crippen LogP contribution in [-0.4, -0.2) is 23.6 Å². The number of halogens is 1. The second-order valence-corrected chi connectivity index (χ2v) is 20.5. The lowest BCUT2D eigenvalue weighted by molar-refractivity contribution is -0.170. The fourth-order valence-corrected chi connectivity index (χ4v) is 13.5. The molecule has 0 heterocycles. The fraction of sp³-hybridized carbons (Fsp3) is 0.962. The standard InChI is InChI=1S/C26H41IO2Si/c1-21(2,3)30(7,8)29-25-12-11-22(4)16(23(25,5)14-25)9-10-26-17(22)13-15-18(19(26)28)24(15,6)20(26)27/h15-18,20H,9-14H2,1-8H3/t15-,16-,17-,18?,20-,22+,23+,24-,25-,26-/m1/s1. The first-order chi connectivity index (χ1) is 13.6. The van der Waals surface area contributed by atoms with Gasteiger partial charge in [0.1, 0.15) is 5.78 Å². The molecule has 0 aromatic carbocycles. The molecule has 7 aliphatic carbocycles. The van der Waals surface area contributed by atoms with Gasteiger partial charge in [-0.15, -0.1) is 0 Å². The second-order valence-electron chi connectivity index (χ2n) is 14.6. The predicted molar refractivity (Wildman–Crippen MR) is 132 cm³/mol. The third-order valence-electron chi connectivity index (χ3n) is 12.7. The van der Waals surface area contributed by atoms with E-state index in [9.17, 15) is 4.79 Å². The molecule has 0 N–H and O–H groups in total. The SMILES string of the molecule is CC(C)(C)[Si](C)(C)O[C@@]12CC[C@]3(C)[C@H]4C[C@@H]5C6C(=O)[C@]4(CC[C@H]3[C@]1(C)C2)[C@H](I)[C@@]65C. The van der Waals surface area contributed by atoms with Crippen molar-refractivity contribution in [3.8, 4) is 0 Å². The van der Waals surface area contributed by atoms with Crippen LogP contribution in [0.3, 0.4) is 0 Å². The molecule has 7 rings (SSSR count). The van der Waals surface area contributed by atoms with Gasteiger partial charge in [0.25, 0.3) is 0 Å². The number of hydrogen-bond acceptors (Lipinski definition) is 2. The molecular weight excluding hydrogens is 499 g/mol. The van der Waals surface area contributed by atoms with E-state index in [0.717, 1.165) is 12.3 Å². The Morgan fingerprint density at radius 1 is 1.07 bits per heavy atom. The summed E-state index contributed by atoms with van der Waals surface area (Å²) >= 11 is 2.73. The van der Waals surface area contributed by atoms with Crippen LogP contribution < -0.4 is 0 Å². The Morgan fingerprint density at radius 2 is 1.73 bits per heavy atom. The van der Waals surface area contributed by atoms with E-state index in [0.29, 0.717) is 43.7 Å². The van der Waals surface area contributed by atoms with Crippen molar-refractivity contribution in [1.82, 2.24) is 0 Å². The number of ketones is 1. The van der Waals surface area contributed by atoms with Crippen molar-refractivity contribution in [3.05, 3.63) is 0 Å². The smallest absolute Gasteiger partial charge is 0.192 e. The monoisotopic (exact) mass is 540 g/mol. The van der Waals surface area contributed by atoms with E-state index >= 15 is 0 Å². The summed E-state index contributed by atoms with van der Waals surface area (Å²) in [5, 5.41) is 0.268. The van der Waals surface area contributed by atoms with E-state index in [4.69, 9.17) is 4.43 Å². The van der Waals surface area contributed by atoms with Gasteiger partial charge in [0.05, 0.1) is 5.60 Å². The Morgan fingerprint density at radius 3 is 2.30 bits per heavy atom. The first kappa shape index (κ1) is 21.1. The predicted octanol–water partition coefficient (Wildman–Crippen LogP) is 7.01. The van der Waals surface area contributed by atoms with Gasteiger partial charge in [-0.25, -0.2) is 0 Å². The third kappa shape index (κ3) is 1.95. The minimum Gasteiger partial charge on any atom is -0.411 e. The largest absolute Gasteiger partial charge is 0.411 e. The molecule has 7 saturated carbocycles.